The van der Waals surface area contributed by atoms with Gasteiger partial charge in [0, 0.05) is 6.54 Å². The lowest BCUT2D eigenvalue weighted by molar-refractivity contribution is 0.354. The summed E-state index contributed by atoms with van der Waals surface area (Å²) in [5, 5.41) is 3.16. The number of nitrogens with two attached hydrogens (primary N) is 1. The van der Waals surface area contributed by atoms with E-state index in [4.69, 9.17) is 27.4 Å². The van der Waals surface area contributed by atoms with Crippen molar-refractivity contribution in [1.82, 2.24) is 9.97 Å². The Kier molecular flexibility index (Phi) is 4.89. The van der Waals surface area contributed by atoms with Crippen LogP contribution in [-0.2, 0) is 6.54 Å². The normalized spacial score (nSPS) is 10.0. The van der Waals surface area contributed by atoms with Crippen molar-refractivity contribution >= 4 is 23.0 Å². The molecule has 110 valence electrons. The molecule has 1 aromatic heterocycles. The number of aromatic nitrogens is 2. The highest BCUT2D eigenvalue weighted by atomic mass is 32.1. The topological polar surface area (TPSA) is 82.3 Å². The number of thiocarbonyl (C=S) groups is 1. The average Bonchev–Trinajstić information content (AvgIpc) is 2.52. The molecule has 0 saturated heterocycles. The van der Waals surface area contributed by atoms with Gasteiger partial charge in [-0.2, -0.15) is 0 Å². The Balaban J connectivity index is 2.04. The first-order valence-corrected chi connectivity index (χ1v) is 6.61. The highest BCUT2D eigenvalue weighted by Crippen LogP contribution is 2.27. The van der Waals surface area contributed by atoms with Gasteiger partial charge < -0.3 is 20.5 Å². The van der Waals surface area contributed by atoms with Crippen molar-refractivity contribution in [3.8, 4) is 11.5 Å². The number of anilines is 1. The zero-order valence-corrected chi connectivity index (χ0v) is 12.6. The van der Waals surface area contributed by atoms with Crippen LogP contribution in [0.2, 0.25) is 0 Å². The van der Waals surface area contributed by atoms with Gasteiger partial charge in [0.1, 0.15) is 16.5 Å². The molecule has 0 aliphatic heterocycles. The molecule has 2 rings (SSSR count). The first kappa shape index (κ1) is 15.0. The van der Waals surface area contributed by atoms with E-state index in [1.54, 1.807) is 26.6 Å². The number of benzene rings is 1. The maximum absolute atomic E-state index is 5.47. The van der Waals surface area contributed by atoms with Crippen molar-refractivity contribution in [3.63, 3.8) is 0 Å². The van der Waals surface area contributed by atoms with Crippen LogP contribution in [0.5, 0.6) is 11.5 Å². The third-order valence-corrected chi connectivity index (χ3v) is 3.04. The van der Waals surface area contributed by atoms with Crippen molar-refractivity contribution < 1.29 is 9.47 Å². The van der Waals surface area contributed by atoms with Crippen molar-refractivity contribution in [3.05, 3.63) is 41.9 Å². The average molecular weight is 304 g/mol. The maximum atomic E-state index is 5.47. The molecule has 2 aromatic rings. The number of ether oxygens (including phenoxy) is 2. The third-order valence-electron chi connectivity index (χ3n) is 2.83. The molecule has 6 nitrogen and oxygen atoms in total. The van der Waals surface area contributed by atoms with Gasteiger partial charge >= 0.3 is 0 Å². The molecular weight excluding hydrogens is 288 g/mol. The summed E-state index contributed by atoms with van der Waals surface area (Å²) in [5.41, 5.74) is 7.01. The van der Waals surface area contributed by atoms with Gasteiger partial charge in [-0.15, -0.1) is 0 Å². The van der Waals surface area contributed by atoms with Crippen molar-refractivity contribution in [2.75, 3.05) is 19.5 Å². The molecule has 0 unspecified atom stereocenters. The number of rotatable bonds is 6. The van der Waals surface area contributed by atoms with Crippen LogP contribution in [0.15, 0.2) is 30.6 Å². The summed E-state index contributed by atoms with van der Waals surface area (Å²) in [5.74, 6) is 2.03. The Morgan fingerprint density at radius 3 is 2.52 bits per heavy atom. The van der Waals surface area contributed by atoms with E-state index in [9.17, 15) is 0 Å². The Hall–Kier alpha value is -2.41. The molecule has 0 aliphatic rings. The number of hydrogen-bond donors (Lipinski definition) is 2. The van der Waals surface area contributed by atoms with Gasteiger partial charge in [0.15, 0.2) is 11.5 Å². The van der Waals surface area contributed by atoms with E-state index in [2.05, 4.69) is 15.3 Å². The molecule has 0 aliphatic carbocycles. The molecule has 1 aromatic carbocycles. The zero-order valence-electron chi connectivity index (χ0n) is 11.8. The zero-order chi connectivity index (χ0) is 15.2. The summed E-state index contributed by atoms with van der Waals surface area (Å²) in [7, 11) is 3.21. The van der Waals surface area contributed by atoms with Gasteiger partial charge in [-0.25, -0.2) is 9.97 Å². The Labute approximate surface area is 128 Å². The molecule has 1 heterocycles. The second kappa shape index (κ2) is 6.85. The molecule has 3 N–H and O–H groups in total. The predicted molar refractivity (Wildman–Crippen MR) is 84.8 cm³/mol. The van der Waals surface area contributed by atoms with Gasteiger partial charge in [0.25, 0.3) is 0 Å². The van der Waals surface area contributed by atoms with E-state index < -0.39 is 0 Å². The summed E-state index contributed by atoms with van der Waals surface area (Å²) in [6.45, 7) is 0.585. The first-order chi connectivity index (χ1) is 10.1. The monoisotopic (exact) mass is 304 g/mol. The molecule has 0 saturated carbocycles. The fourth-order valence-corrected chi connectivity index (χ4v) is 1.84. The Morgan fingerprint density at radius 2 is 1.95 bits per heavy atom. The van der Waals surface area contributed by atoms with Gasteiger partial charge in [-0.1, -0.05) is 18.3 Å². The summed E-state index contributed by atoms with van der Waals surface area (Å²) in [6, 6.07) is 5.71. The minimum absolute atomic E-state index is 0.231. The van der Waals surface area contributed by atoms with Crippen LogP contribution in [0.25, 0.3) is 0 Å². The first-order valence-electron chi connectivity index (χ1n) is 6.20. The summed E-state index contributed by atoms with van der Waals surface area (Å²) in [6.07, 6.45) is 3.13. The second-order valence-corrected chi connectivity index (χ2v) is 4.63. The van der Waals surface area contributed by atoms with E-state index in [1.165, 1.54) is 0 Å². The number of nitrogens with zero attached hydrogens (tertiary/aromatic N) is 2. The summed E-state index contributed by atoms with van der Waals surface area (Å²) >= 11 is 4.83. The molecule has 0 radical (unpaired) electrons. The second-order valence-electron chi connectivity index (χ2n) is 4.19. The predicted octanol–water partition coefficient (Wildman–Crippen LogP) is 1.74. The highest BCUT2D eigenvalue weighted by Gasteiger charge is 2.05. The van der Waals surface area contributed by atoms with Crippen LogP contribution in [0.4, 0.5) is 5.82 Å². The number of methoxy groups -OCH3 is 2. The molecule has 0 bridgehead atoms. The highest BCUT2D eigenvalue weighted by molar-refractivity contribution is 7.80. The molecule has 7 heteroatoms. The largest absolute Gasteiger partial charge is 0.493 e. The fourth-order valence-electron chi connectivity index (χ4n) is 1.73. The smallest absolute Gasteiger partial charge is 0.161 e. The summed E-state index contributed by atoms with van der Waals surface area (Å²) < 4.78 is 10.5. The minimum Gasteiger partial charge on any atom is -0.493 e. The van der Waals surface area contributed by atoms with Gasteiger partial charge in [0.2, 0.25) is 0 Å². The quantitative estimate of drug-likeness (QED) is 0.787. The third kappa shape index (κ3) is 3.79. The molecule has 0 atom stereocenters. The lowest BCUT2D eigenvalue weighted by atomic mass is 10.2. The van der Waals surface area contributed by atoms with Gasteiger partial charge in [-0.05, 0) is 17.7 Å². The van der Waals surface area contributed by atoms with Crippen molar-refractivity contribution in [2.45, 2.75) is 6.54 Å². The van der Waals surface area contributed by atoms with E-state index >= 15 is 0 Å². The van der Waals surface area contributed by atoms with Crippen LogP contribution in [0.3, 0.4) is 0 Å². The molecule has 0 spiro atoms. The number of hydrogen-bond acceptors (Lipinski definition) is 6. The van der Waals surface area contributed by atoms with E-state index in [0.29, 0.717) is 29.6 Å². The molecule has 0 amide bonds. The van der Waals surface area contributed by atoms with Crippen LogP contribution in [0, 0.1) is 0 Å². The van der Waals surface area contributed by atoms with Crippen molar-refractivity contribution in [2.24, 2.45) is 5.73 Å². The lowest BCUT2D eigenvalue weighted by Crippen LogP contribution is -2.12. The minimum atomic E-state index is 0.231. The Bertz CT molecular complexity index is 631. The van der Waals surface area contributed by atoms with E-state index in [1.807, 2.05) is 18.2 Å². The SMILES string of the molecule is COc1ccc(CNc2cnc(C(N)=S)cn2)cc1OC. The van der Waals surface area contributed by atoms with Crippen LogP contribution in [-0.4, -0.2) is 29.2 Å². The van der Waals surface area contributed by atoms with Crippen LogP contribution in [0.1, 0.15) is 11.3 Å². The molecule has 21 heavy (non-hydrogen) atoms. The standard InChI is InChI=1S/C14H16N4O2S/c1-19-11-4-3-9(5-12(11)20-2)6-17-13-8-16-10(7-18-13)14(15)21/h3-5,7-8H,6H2,1-2H3,(H2,15,21)(H,17,18). The Morgan fingerprint density at radius 1 is 1.19 bits per heavy atom. The van der Waals surface area contributed by atoms with Crippen molar-refractivity contribution in [1.29, 1.82) is 0 Å². The maximum Gasteiger partial charge on any atom is 0.161 e. The number of nitrogens with one attached hydrogen (secondary N) is 1. The van der Waals surface area contributed by atoms with Crippen LogP contribution < -0.4 is 20.5 Å². The van der Waals surface area contributed by atoms with Gasteiger partial charge in [-0.3, -0.25) is 0 Å². The molecule has 0 fully saturated rings. The summed E-state index contributed by atoms with van der Waals surface area (Å²) in [4.78, 5) is 8.54. The lowest BCUT2D eigenvalue weighted by Gasteiger charge is -2.10. The molecular formula is C14H16N4O2S. The van der Waals surface area contributed by atoms with Gasteiger partial charge in [0.05, 0.1) is 26.6 Å². The van der Waals surface area contributed by atoms with E-state index in [0.717, 1.165) is 5.56 Å². The van der Waals surface area contributed by atoms with E-state index in [-0.39, 0.29) is 4.99 Å². The van der Waals surface area contributed by atoms with Crippen LogP contribution >= 0.6 is 12.2 Å². The fraction of sp³-hybridized carbons (Fsp3) is 0.214.